The van der Waals surface area contributed by atoms with Crippen LogP contribution in [0.15, 0.2) is 24.3 Å². The Morgan fingerprint density at radius 2 is 1.79 bits per heavy atom. The molecule has 1 aliphatic heterocycles. The van der Waals surface area contributed by atoms with Gasteiger partial charge in [0.15, 0.2) is 0 Å². The highest BCUT2D eigenvalue weighted by Crippen LogP contribution is 2.24. The molecular weight excluding hydrogens is 256 g/mol. The molecule has 1 N–H and O–H groups in total. The smallest absolute Gasteiger partial charge is 0.0406 e. The number of hydrogen-bond donors (Lipinski definition) is 1. The normalized spacial score (nSPS) is 25.7. The Hall–Kier alpha value is -0.570. The Morgan fingerprint density at radius 3 is 2.32 bits per heavy atom. The summed E-state index contributed by atoms with van der Waals surface area (Å²) in [4.78, 5) is 2.59. The third-order valence-electron chi connectivity index (χ3n) is 4.42. The Labute approximate surface area is 122 Å². The van der Waals surface area contributed by atoms with E-state index in [-0.39, 0.29) is 0 Å². The fourth-order valence-electron chi connectivity index (χ4n) is 2.92. The minimum absolute atomic E-state index is 0.420. The molecule has 0 spiro atoms. The third-order valence-corrected chi connectivity index (χ3v) is 4.67. The summed E-state index contributed by atoms with van der Waals surface area (Å²) in [5, 5.41) is 4.22. The molecule has 2 rings (SSSR count). The molecule has 0 bridgehead atoms. The van der Waals surface area contributed by atoms with Crippen LogP contribution >= 0.6 is 11.6 Å². The lowest BCUT2D eigenvalue weighted by atomic mass is 10.0. The van der Waals surface area contributed by atoms with Gasteiger partial charge in [-0.2, -0.15) is 0 Å². The number of halogens is 1. The van der Waals surface area contributed by atoms with Crippen LogP contribution in [0.2, 0.25) is 5.02 Å². The number of likely N-dealkylation sites (tertiary alicyclic amines) is 1. The second kappa shape index (κ2) is 6.74. The topological polar surface area (TPSA) is 15.3 Å². The van der Waals surface area contributed by atoms with E-state index >= 15 is 0 Å². The standard InChI is InChI=1S/C16H25ClN2/c1-12-10-19(11-13(12)2)9-8-16(18-3)14-4-6-15(17)7-5-14/h4-7,12-13,16,18H,8-11H2,1-3H3. The van der Waals surface area contributed by atoms with E-state index in [4.69, 9.17) is 11.6 Å². The monoisotopic (exact) mass is 280 g/mol. The maximum absolute atomic E-state index is 5.94. The van der Waals surface area contributed by atoms with Crippen molar-refractivity contribution < 1.29 is 0 Å². The lowest BCUT2D eigenvalue weighted by molar-refractivity contribution is 0.301. The molecule has 19 heavy (non-hydrogen) atoms. The zero-order valence-electron chi connectivity index (χ0n) is 12.2. The largest absolute Gasteiger partial charge is 0.313 e. The average Bonchev–Trinajstić information content (AvgIpc) is 2.71. The highest BCUT2D eigenvalue weighted by atomic mass is 35.5. The first kappa shape index (κ1) is 14.8. The number of hydrogen-bond acceptors (Lipinski definition) is 2. The zero-order valence-corrected chi connectivity index (χ0v) is 13.0. The predicted molar refractivity (Wildman–Crippen MR) is 82.6 cm³/mol. The lowest BCUT2D eigenvalue weighted by Crippen LogP contribution is -2.27. The van der Waals surface area contributed by atoms with Gasteiger partial charge in [-0.15, -0.1) is 0 Å². The van der Waals surface area contributed by atoms with Gasteiger partial charge in [-0.3, -0.25) is 0 Å². The summed E-state index contributed by atoms with van der Waals surface area (Å²) in [6.07, 6.45) is 1.15. The van der Waals surface area contributed by atoms with Crippen LogP contribution in [0.4, 0.5) is 0 Å². The molecule has 3 unspecified atom stereocenters. The lowest BCUT2D eigenvalue weighted by Gasteiger charge is -2.21. The van der Waals surface area contributed by atoms with E-state index in [0.717, 1.165) is 23.3 Å². The van der Waals surface area contributed by atoms with E-state index in [0.29, 0.717) is 6.04 Å². The van der Waals surface area contributed by atoms with Gasteiger partial charge in [0.1, 0.15) is 0 Å². The van der Waals surface area contributed by atoms with Crippen molar-refractivity contribution in [3.8, 4) is 0 Å². The van der Waals surface area contributed by atoms with Gasteiger partial charge in [0, 0.05) is 24.2 Å². The fraction of sp³-hybridized carbons (Fsp3) is 0.625. The van der Waals surface area contributed by atoms with E-state index in [1.807, 2.05) is 19.2 Å². The molecule has 1 saturated heterocycles. The first-order chi connectivity index (χ1) is 9.10. The summed E-state index contributed by atoms with van der Waals surface area (Å²) in [6, 6.07) is 8.61. The van der Waals surface area contributed by atoms with Crippen molar-refractivity contribution in [3.63, 3.8) is 0 Å². The van der Waals surface area contributed by atoms with Gasteiger partial charge in [0.25, 0.3) is 0 Å². The van der Waals surface area contributed by atoms with Crippen LogP contribution in [0.5, 0.6) is 0 Å². The molecule has 1 heterocycles. The molecular formula is C16H25ClN2. The molecule has 2 nitrogen and oxygen atoms in total. The van der Waals surface area contributed by atoms with Gasteiger partial charge >= 0.3 is 0 Å². The minimum Gasteiger partial charge on any atom is -0.313 e. The summed E-state index contributed by atoms with van der Waals surface area (Å²) < 4.78 is 0. The molecule has 0 aromatic heterocycles. The van der Waals surface area contributed by atoms with Crippen molar-refractivity contribution in [2.75, 3.05) is 26.7 Å². The maximum atomic E-state index is 5.94. The van der Waals surface area contributed by atoms with Crippen LogP contribution in [0, 0.1) is 11.8 Å². The summed E-state index contributed by atoms with van der Waals surface area (Å²) in [6.45, 7) is 8.39. The highest BCUT2D eigenvalue weighted by molar-refractivity contribution is 6.30. The van der Waals surface area contributed by atoms with Crippen molar-refractivity contribution in [2.24, 2.45) is 11.8 Å². The Balaban J connectivity index is 1.88. The summed E-state index contributed by atoms with van der Waals surface area (Å²) in [5.41, 5.74) is 1.33. The predicted octanol–water partition coefficient (Wildman–Crippen LogP) is 3.58. The number of nitrogens with one attached hydrogen (secondary N) is 1. The molecule has 106 valence electrons. The zero-order chi connectivity index (χ0) is 13.8. The molecule has 0 amide bonds. The second-order valence-corrected chi connectivity index (χ2v) is 6.33. The van der Waals surface area contributed by atoms with E-state index in [1.54, 1.807) is 0 Å². The second-order valence-electron chi connectivity index (χ2n) is 5.90. The summed E-state index contributed by atoms with van der Waals surface area (Å²) in [5.74, 6) is 1.67. The van der Waals surface area contributed by atoms with Crippen LogP contribution in [-0.4, -0.2) is 31.6 Å². The molecule has 1 fully saturated rings. The highest BCUT2D eigenvalue weighted by Gasteiger charge is 2.26. The van der Waals surface area contributed by atoms with Crippen LogP contribution in [-0.2, 0) is 0 Å². The molecule has 3 atom stereocenters. The first-order valence-electron chi connectivity index (χ1n) is 7.25. The Morgan fingerprint density at radius 1 is 1.21 bits per heavy atom. The summed E-state index contributed by atoms with van der Waals surface area (Å²) in [7, 11) is 2.04. The average molecular weight is 281 g/mol. The summed E-state index contributed by atoms with van der Waals surface area (Å²) >= 11 is 5.94. The van der Waals surface area contributed by atoms with Crippen LogP contribution in [0.1, 0.15) is 31.9 Å². The van der Waals surface area contributed by atoms with Gasteiger partial charge in [0.05, 0.1) is 0 Å². The minimum atomic E-state index is 0.420. The molecule has 1 aliphatic rings. The third kappa shape index (κ3) is 3.95. The van der Waals surface area contributed by atoms with E-state index in [1.165, 1.54) is 25.2 Å². The van der Waals surface area contributed by atoms with Crippen molar-refractivity contribution in [3.05, 3.63) is 34.9 Å². The van der Waals surface area contributed by atoms with E-state index in [2.05, 4.69) is 36.2 Å². The van der Waals surface area contributed by atoms with Crippen molar-refractivity contribution in [1.82, 2.24) is 10.2 Å². The van der Waals surface area contributed by atoms with Gasteiger partial charge in [-0.05, 0) is 49.5 Å². The van der Waals surface area contributed by atoms with Crippen LogP contribution in [0.25, 0.3) is 0 Å². The number of nitrogens with zero attached hydrogens (tertiary/aromatic N) is 1. The van der Waals surface area contributed by atoms with E-state index in [9.17, 15) is 0 Å². The van der Waals surface area contributed by atoms with Crippen molar-refractivity contribution in [2.45, 2.75) is 26.3 Å². The molecule has 0 radical (unpaired) electrons. The van der Waals surface area contributed by atoms with Crippen molar-refractivity contribution in [1.29, 1.82) is 0 Å². The number of benzene rings is 1. The quantitative estimate of drug-likeness (QED) is 0.887. The molecule has 3 heteroatoms. The van der Waals surface area contributed by atoms with Gasteiger partial charge in [-0.1, -0.05) is 37.6 Å². The molecule has 1 aromatic rings. The van der Waals surface area contributed by atoms with Crippen LogP contribution < -0.4 is 5.32 Å². The molecule has 0 saturated carbocycles. The SMILES string of the molecule is CNC(CCN1CC(C)C(C)C1)c1ccc(Cl)cc1. The fourth-order valence-corrected chi connectivity index (χ4v) is 3.04. The Bertz CT molecular complexity index is 380. The van der Waals surface area contributed by atoms with Gasteiger partial charge < -0.3 is 10.2 Å². The van der Waals surface area contributed by atoms with Gasteiger partial charge in [-0.25, -0.2) is 0 Å². The molecule has 1 aromatic carbocycles. The molecule has 0 aliphatic carbocycles. The van der Waals surface area contributed by atoms with E-state index < -0.39 is 0 Å². The van der Waals surface area contributed by atoms with Crippen molar-refractivity contribution >= 4 is 11.6 Å². The van der Waals surface area contributed by atoms with Gasteiger partial charge in [0.2, 0.25) is 0 Å². The Kier molecular flexibility index (Phi) is 5.26. The maximum Gasteiger partial charge on any atom is 0.0406 e. The van der Waals surface area contributed by atoms with Crippen LogP contribution in [0.3, 0.4) is 0 Å². The number of rotatable bonds is 5. The first-order valence-corrected chi connectivity index (χ1v) is 7.63.